The number of ketones is 1. The van der Waals surface area contributed by atoms with Crippen LogP contribution in [0.4, 0.5) is 0 Å². The summed E-state index contributed by atoms with van der Waals surface area (Å²) in [4.78, 5) is 10.8. The number of carbonyl (C=O) groups excluding carboxylic acids is 1. The summed E-state index contributed by atoms with van der Waals surface area (Å²) < 4.78 is 10.5. The van der Waals surface area contributed by atoms with Crippen LogP contribution in [0.1, 0.15) is 12.7 Å². The Bertz CT molecular complexity index is 504. The minimum absolute atomic E-state index is 0.0734. The molecule has 2 rings (SSSR count). The zero-order valence-electron chi connectivity index (χ0n) is 8.89. The van der Waals surface area contributed by atoms with Crippen LogP contribution in [0, 0.1) is 6.92 Å². The molecule has 0 bridgehead atoms. The Morgan fingerprint density at radius 3 is 2.94 bits per heavy atom. The Hall–Kier alpha value is -1.56. The highest BCUT2D eigenvalue weighted by molar-refractivity contribution is 7.99. The lowest BCUT2D eigenvalue weighted by molar-refractivity contribution is -0.114. The fourth-order valence-electron chi connectivity index (χ4n) is 1.15. The number of hydrogen-bond acceptors (Lipinski definition) is 6. The van der Waals surface area contributed by atoms with Gasteiger partial charge in [-0.05, 0) is 19.9 Å². The van der Waals surface area contributed by atoms with Crippen molar-refractivity contribution in [2.24, 2.45) is 0 Å². The number of aromatic nitrogens is 2. The van der Waals surface area contributed by atoms with Crippen molar-refractivity contribution >= 4 is 17.5 Å². The summed E-state index contributed by atoms with van der Waals surface area (Å²) in [6.07, 6.45) is 1.57. The van der Waals surface area contributed by atoms with E-state index in [1.807, 2.05) is 6.92 Å². The van der Waals surface area contributed by atoms with Gasteiger partial charge in [0, 0.05) is 0 Å². The first-order chi connectivity index (χ1) is 7.66. The summed E-state index contributed by atoms with van der Waals surface area (Å²) in [6.45, 7) is 3.34. The molecule has 2 aromatic heterocycles. The van der Waals surface area contributed by atoms with Crippen LogP contribution in [-0.4, -0.2) is 21.7 Å². The maximum Gasteiger partial charge on any atom is 0.277 e. The van der Waals surface area contributed by atoms with Gasteiger partial charge >= 0.3 is 0 Å². The van der Waals surface area contributed by atoms with Crippen LogP contribution in [0.5, 0.6) is 0 Å². The second kappa shape index (κ2) is 4.52. The van der Waals surface area contributed by atoms with Gasteiger partial charge in [-0.3, -0.25) is 4.79 Å². The minimum Gasteiger partial charge on any atom is -0.469 e. The van der Waals surface area contributed by atoms with Crippen LogP contribution >= 0.6 is 11.8 Å². The molecular formula is C10H10N2O3S. The third kappa shape index (κ3) is 2.33. The van der Waals surface area contributed by atoms with Crippen LogP contribution in [0.15, 0.2) is 26.4 Å². The van der Waals surface area contributed by atoms with E-state index in [-0.39, 0.29) is 5.78 Å². The summed E-state index contributed by atoms with van der Waals surface area (Å²) in [5.74, 6) is 1.56. The molecule has 0 aliphatic rings. The number of hydrogen-bond donors (Lipinski definition) is 0. The molecule has 0 fully saturated rings. The topological polar surface area (TPSA) is 69.1 Å². The van der Waals surface area contributed by atoms with Crippen molar-refractivity contribution in [2.75, 3.05) is 5.75 Å². The Morgan fingerprint density at radius 1 is 1.50 bits per heavy atom. The number of aryl methyl sites for hydroxylation is 1. The predicted molar refractivity (Wildman–Crippen MR) is 58.1 cm³/mol. The van der Waals surface area contributed by atoms with E-state index in [9.17, 15) is 4.79 Å². The molecule has 0 saturated carbocycles. The molecule has 0 aliphatic carbocycles. The van der Waals surface area contributed by atoms with Gasteiger partial charge in [0.2, 0.25) is 0 Å². The number of carbonyl (C=O) groups is 1. The quantitative estimate of drug-likeness (QED) is 0.761. The number of furan rings is 1. The normalized spacial score (nSPS) is 10.6. The average molecular weight is 238 g/mol. The van der Waals surface area contributed by atoms with Crippen molar-refractivity contribution in [3.63, 3.8) is 0 Å². The fourth-order valence-corrected chi connectivity index (χ4v) is 1.71. The lowest BCUT2D eigenvalue weighted by Crippen LogP contribution is -1.92. The van der Waals surface area contributed by atoms with Crippen molar-refractivity contribution in [1.82, 2.24) is 10.2 Å². The molecule has 16 heavy (non-hydrogen) atoms. The second-order valence-electron chi connectivity index (χ2n) is 3.25. The van der Waals surface area contributed by atoms with E-state index in [0.29, 0.717) is 16.9 Å². The van der Waals surface area contributed by atoms with Crippen molar-refractivity contribution in [1.29, 1.82) is 0 Å². The molecule has 5 nitrogen and oxygen atoms in total. The molecule has 0 atom stereocenters. The lowest BCUT2D eigenvalue weighted by Gasteiger charge is -1.90. The Kier molecular flexibility index (Phi) is 3.09. The lowest BCUT2D eigenvalue weighted by atomic mass is 10.3. The van der Waals surface area contributed by atoms with E-state index in [4.69, 9.17) is 8.83 Å². The number of rotatable bonds is 4. The molecule has 6 heteroatoms. The molecule has 0 aliphatic heterocycles. The molecule has 84 valence electrons. The highest BCUT2D eigenvalue weighted by Gasteiger charge is 2.13. The van der Waals surface area contributed by atoms with Crippen LogP contribution in [0.2, 0.25) is 0 Å². The summed E-state index contributed by atoms with van der Waals surface area (Å²) >= 11 is 1.23. The minimum atomic E-state index is 0.0734. The van der Waals surface area contributed by atoms with Crippen molar-refractivity contribution in [3.8, 4) is 11.5 Å². The first-order valence-corrected chi connectivity index (χ1v) is 5.65. The zero-order valence-corrected chi connectivity index (χ0v) is 9.71. The first-order valence-electron chi connectivity index (χ1n) is 4.67. The molecule has 0 aromatic carbocycles. The van der Waals surface area contributed by atoms with E-state index >= 15 is 0 Å². The molecule has 0 spiro atoms. The van der Waals surface area contributed by atoms with Crippen molar-refractivity contribution in [2.45, 2.75) is 19.1 Å². The van der Waals surface area contributed by atoms with Gasteiger partial charge in [-0.2, -0.15) is 0 Å². The molecule has 2 aromatic rings. The maximum atomic E-state index is 10.8. The van der Waals surface area contributed by atoms with Crippen LogP contribution in [0.25, 0.3) is 11.5 Å². The molecule has 0 saturated heterocycles. The number of Topliss-reactive ketones (excluding diaryl/α,β-unsaturated/α-hetero) is 1. The molecule has 0 unspecified atom stereocenters. The van der Waals surface area contributed by atoms with Gasteiger partial charge in [0.25, 0.3) is 11.1 Å². The molecule has 2 heterocycles. The van der Waals surface area contributed by atoms with Crippen molar-refractivity contribution < 1.29 is 13.6 Å². The SMILES string of the molecule is CC(=O)CSc1nnc(-c2ccoc2C)o1. The Labute approximate surface area is 96.2 Å². The third-order valence-electron chi connectivity index (χ3n) is 1.89. The van der Waals surface area contributed by atoms with E-state index < -0.39 is 0 Å². The maximum absolute atomic E-state index is 10.8. The summed E-state index contributed by atoms with van der Waals surface area (Å²) in [5.41, 5.74) is 0.780. The molecule has 0 amide bonds. The predicted octanol–water partition coefficient (Wildman–Crippen LogP) is 2.32. The van der Waals surface area contributed by atoms with Crippen molar-refractivity contribution in [3.05, 3.63) is 18.1 Å². The Balaban J connectivity index is 2.14. The summed E-state index contributed by atoms with van der Waals surface area (Å²) in [5, 5.41) is 8.12. The fraction of sp³-hybridized carbons (Fsp3) is 0.300. The van der Waals surface area contributed by atoms with Gasteiger partial charge in [-0.1, -0.05) is 11.8 Å². The van der Waals surface area contributed by atoms with Gasteiger partial charge in [-0.25, -0.2) is 0 Å². The summed E-state index contributed by atoms with van der Waals surface area (Å²) in [7, 11) is 0. The number of nitrogens with zero attached hydrogens (tertiary/aromatic N) is 2. The molecular weight excluding hydrogens is 228 g/mol. The standard InChI is InChI=1S/C10H10N2O3S/c1-6(13)5-16-10-12-11-9(15-10)8-3-4-14-7(8)2/h3-4H,5H2,1-2H3. The zero-order chi connectivity index (χ0) is 11.5. The average Bonchev–Trinajstić information content (AvgIpc) is 2.83. The van der Waals surface area contributed by atoms with Gasteiger partial charge in [0.05, 0.1) is 17.6 Å². The van der Waals surface area contributed by atoms with E-state index in [1.54, 1.807) is 12.3 Å². The third-order valence-corrected chi connectivity index (χ3v) is 2.86. The van der Waals surface area contributed by atoms with E-state index in [1.165, 1.54) is 18.7 Å². The second-order valence-corrected chi connectivity index (χ2v) is 4.18. The first kappa shape index (κ1) is 10.9. The van der Waals surface area contributed by atoms with E-state index in [2.05, 4.69) is 10.2 Å². The van der Waals surface area contributed by atoms with Crippen LogP contribution < -0.4 is 0 Å². The Morgan fingerprint density at radius 2 is 2.31 bits per heavy atom. The largest absolute Gasteiger partial charge is 0.469 e. The van der Waals surface area contributed by atoms with Gasteiger partial charge in [0.1, 0.15) is 11.5 Å². The monoisotopic (exact) mass is 238 g/mol. The van der Waals surface area contributed by atoms with Crippen LogP contribution in [0.3, 0.4) is 0 Å². The highest BCUT2D eigenvalue weighted by Crippen LogP contribution is 2.26. The van der Waals surface area contributed by atoms with E-state index in [0.717, 1.165) is 11.3 Å². The van der Waals surface area contributed by atoms with Gasteiger partial charge < -0.3 is 8.83 Å². The van der Waals surface area contributed by atoms with Gasteiger partial charge in [0.15, 0.2) is 0 Å². The number of thioether (sulfide) groups is 1. The van der Waals surface area contributed by atoms with Crippen LogP contribution in [-0.2, 0) is 4.79 Å². The molecule has 0 radical (unpaired) electrons. The van der Waals surface area contributed by atoms with Gasteiger partial charge in [-0.15, -0.1) is 10.2 Å². The summed E-state index contributed by atoms with van der Waals surface area (Å²) in [6, 6.07) is 1.77. The highest BCUT2D eigenvalue weighted by atomic mass is 32.2. The molecule has 0 N–H and O–H groups in total. The smallest absolute Gasteiger partial charge is 0.277 e.